The van der Waals surface area contributed by atoms with Crippen LogP contribution in [0.1, 0.15) is 154 Å². The third-order valence-corrected chi connectivity index (χ3v) is 18.4. The fraction of sp³-hybridized carbons (Fsp3) is 0.677. The van der Waals surface area contributed by atoms with Gasteiger partial charge in [0, 0.05) is 67.9 Å². The number of unbranched alkanes of at least 4 members (excludes halogenated alkanes) is 4. The van der Waals surface area contributed by atoms with E-state index in [9.17, 15) is 29.2 Å². The molecule has 5 aliphatic carbocycles. The Kier molecular flexibility index (Phi) is 19.7. The summed E-state index contributed by atoms with van der Waals surface area (Å²) in [5.41, 5.74) is -0.0872. The predicted molar refractivity (Wildman–Crippen MR) is 298 cm³/mol. The van der Waals surface area contributed by atoms with Crippen LogP contribution < -0.4 is 9.84 Å². The molecule has 0 aromatic heterocycles. The number of carbonyl (C=O) groups is 4. The molecular weight excluding hydrogens is 1010 g/mol. The summed E-state index contributed by atoms with van der Waals surface area (Å²) in [4.78, 5) is 56.2. The van der Waals surface area contributed by atoms with E-state index in [1.54, 1.807) is 51.1 Å². The number of benzene rings is 2. The highest BCUT2D eigenvalue weighted by atomic mass is 31.2. The summed E-state index contributed by atoms with van der Waals surface area (Å²) in [6.45, 7) is 13.6. The van der Waals surface area contributed by atoms with Crippen molar-refractivity contribution in [3.05, 3.63) is 89.0 Å². The number of ketones is 2. The summed E-state index contributed by atoms with van der Waals surface area (Å²) >= 11 is 0. The summed E-state index contributed by atoms with van der Waals surface area (Å²) in [5, 5.41) is 27.0. The second-order valence-electron chi connectivity index (χ2n) is 25.0. The number of esters is 1. The number of nitrogens with one attached hydrogen (secondary N) is 1. The fourth-order valence-corrected chi connectivity index (χ4v) is 14.8. The van der Waals surface area contributed by atoms with E-state index in [0.29, 0.717) is 49.3 Å². The summed E-state index contributed by atoms with van der Waals surface area (Å²) < 4.78 is 50.2. The van der Waals surface area contributed by atoms with Gasteiger partial charge in [-0.15, -0.1) is 0 Å². The van der Waals surface area contributed by atoms with Crippen molar-refractivity contribution in [1.29, 1.82) is 0 Å². The number of nitrogens with zero attached hydrogens (tertiary/aromatic N) is 1. The van der Waals surface area contributed by atoms with E-state index in [1.165, 1.54) is 23.8 Å². The molecule has 1 saturated heterocycles. The Balaban J connectivity index is 0.873. The molecule has 2 aromatic rings. The molecule has 1 unspecified atom stereocenters. The minimum absolute atomic E-state index is 0.0200. The van der Waals surface area contributed by atoms with Crippen LogP contribution in [0.25, 0.3) is 0 Å². The SMILES string of the molecule is CC(C)(C)OC(=O)N(CCCCCCOCCCCc1ccccc1)CC(O)c1ccc(OP(C)(C)=O)c(CNCC(=O)OCC(=O)[C@@]23O[C@H](C4CCCCC4)O[C@@H]2C[C@H]2[C@@H]4CCC5=CC(=O)C=C[C@]5(C)[C@H]4[C@@H](O)C[C@@]23C)c1. The van der Waals surface area contributed by atoms with Crippen LogP contribution in [0.2, 0.25) is 0 Å². The molecule has 0 radical (unpaired) electrons. The van der Waals surface area contributed by atoms with Gasteiger partial charge in [-0.25, -0.2) is 4.79 Å². The topological polar surface area (TPSA) is 196 Å². The highest BCUT2D eigenvalue weighted by Crippen LogP contribution is 2.70. The Labute approximate surface area is 463 Å². The molecule has 10 atom stereocenters. The number of hydrogen-bond acceptors (Lipinski definition) is 14. The van der Waals surface area contributed by atoms with Gasteiger partial charge in [-0.2, -0.15) is 0 Å². The molecule has 1 amide bonds. The zero-order chi connectivity index (χ0) is 55.9. The molecule has 3 N–H and O–H groups in total. The first-order valence-corrected chi connectivity index (χ1v) is 31.6. The number of carbonyl (C=O) groups excluding carboxylic acids is 4. The smallest absolute Gasteiger partial charge is 0.410 e. The summed E-state index contributed by atoms with van der Waals surface area (Å²) in [6.07, 6.45) is 15.9. The number of rotatable bonds is 25. The van der Waals surface area contributed by atoms with Crippen molar-refractivity contribution in [2.75, 3.05) is 52.8 Å². The fourth-order valence-electron chi connectivity index (χ4n) is 14.1. The van der Waals surface area contributed by atoms with Gasteiger partial charge in [-0.1, -0.05) is 94.0 Å². The number of allylic oxidation sites excluding steroid dienone is 4. The number of hydrogen-bond donors (Lipinski definition) is 3. The van der Waals surface area contributed by atoms with Crippen LogP contribution in [-0.2, 0) is 55.6 Å². The number of Topliss-reactive ketones (excluding diaryl/α,β-unsaturated/α-hetero) is 1. The molecule has 15 nitrogen and oxygen atoms in total. The van der Waals surface area contributed by atoms with Gasteiger partial charge < -0.3 is 48.6 Å². The third kappa shape index (κ3) is 14.1. The van der Waals surface area contributed by atoms with Crippen LogP contribution in [-0.4, -0.2) is 121 Å². The Bertz CT molecular complexity index is 2520. The number of fused-ring (bicyclic) bond motifs is 7. The second kappa shape index (κ2) is 25.7. The molecule has 5 fully saturated rings. The summed E-state index contributed by atoms with van der Waals surface area (Å²) in [6, 6.07) is 15.5. The van der Waals surface area contributed by atoms with Crippen molar-refractivity contribution >= 4 is 31.0 Å². The zero-order valence-electron chi connectivity index (χ0n) is 47.5. The molecule has 430 valence electrons. The van der Waals surface area contributed by atoms with Gasteiger partial charge in [-0.05, 0) is 139 Å². The van der Waals surface area contributed by atoms with E-state index < -0.39 is 72.7 Å². The zero-order valence-corrected chi connectivity index (χ0v) is 48.4. The van der Waals surface area contributed by atoms with Gasteiger partial charge in [0.25, 0.3) is 0 Å². The van der Waals surface area contributed by atoms with Crippen LogP contribution >= 0.6 is 7.37 Å². The number of aryl methyl sites for hydroxylation is 1. The molecule has 8 rings (SSSR count). The third-order valence-electron chi connectivity index (χ3n) is 17.8. The maximum Gasteiger partial charge on any atom is 0.410 e. The Morgan fingerprint density at radius 3 is 2.41 bits per heavy atom. The van der Waals surface area contributed by atoms with E-state index >= 15 is 4.79 Å². The minimum atomic E-state index is -3.05. The minimum Gasteiger partial charge on any atom is -0.457 e. The Morgan fingerprint density at radius 2 is 1.68 bits per heavy atom. The van der Waals surface area contributed by atoms with Gasteiger partial charge in [0.1, 0.15) is 11.4 Å². The van der Waals surface area contributed by atoms with Crippen LogP contribution in [0.5, 0.6) is 5.75 Å². The average molecular weight is 1100 g/mol. The largest absolute Gasteiger partial charge is 0.457 e. The summed E-state index contributed by atoms with van der Waals surface area (Å²) in [5.74, 6) is -0.746. The highest BCUT2D eigenvalue weighted by Gasteiger charge is 2.76. The Morgan fingerprint density at radius 1 is 0.949 bits per heavy atom. The van der Waals surface area contributed by atoms with Crippen molar-refractivity contribution in [3.8, 4) is 5.75 Å². The molecule has 1 aliphatic heterocycles. The van der Waals surface area contributed by atoms with E-state index in [1.807, 2.05) is 12.1 Å². The van der Waals surface area contributed by atoms with E-state index in [0.717, 1.165) is 95.7 Å². The molecule has 6 aliphatic rings. The first kappa shape index (κ1) is 59.9. The van der Waals surface area contributed by atoms with Gasteiger partial charge >= 0.3 is 12.1 Å². The molecule has 1 heterocycles. The first-order valence-electron chi connectivity index (χ1n) is 29.1. The molecule has 4 saturated carbocycles. The summed E-state index contributed by atoms with van der Waals surface area (Å²) in [7, 11) is -3.05. The van der Waals surface area contributed by atoms with Crippen LogP contribution in [0.3, 0.4) is 0 Å². The maximum absolute atomic E-state index is 15.0. The number of ether oxygens (including phenoxy) is 5. The van der Waals surface area contributed by atoms with Crippen LogP contribution in [0, 0.1) is 34.5 Å². The van der Waals surface area contributed by atoms with E-state index in [4.69, 9.17) is 28.2 Å². The Hall–Kier alpha value is -4.21. The lowest BCUT2D eigenvalue weighted by Crippen LogP contribution is -2.63. The average Bonchev–Trinajstić information content (AvgIpc) is 3.82. The molecule has 2 aromatic carbocycles. The number of amides is 1. The number of aliphatic hydroxyl groups excluding tert-OH is 2. The van der Waals surface area contributed by atoms with Crippen molar-refractivity contribution < 1.29 is 62.2 Å². The van der Waals surface area contributed by atoms with Crippen LogP contribution in [0.15, 0.2) is 72.3 Å². The van der Waals surface area contributed by atoms with Crippen molar-refractivity contribution in [2.45, 2.75) is 180 Å². The molecule has 78 heavy (non-hydrogen) atoms. The van der Waals surface area contributed by atoms with Gasteiger partial charge in [0.15, 0.2) is 24.3 Å². The lowest BCUT2D eigenvalue weighted by Gasteiger charge is -2.59. The molecule has 16 heteroatoms. The predicted octanol–water partition coefficient (Wildman–Crippen LogP) is 10.6. The van der Waals surface area contributed by atoms with E-state index in [2.05, 4.69) is 43.4 Å². The first-order chi connectivity index (χ1) is 37.1. The lowest BCUT2D eigenvalue weighted by atomic mass is 9.46. The highest BCUT2D eigenvalue weighted by molar-refractivity contribution is 7.57. The lowest BCUT2D eigenvalue weighted by molar-refractivity contribution is -0.210. The van der Waals surface area contributed by atoms with Crippen LogP contribution in [0.4, 0.5) is 4.79 Å². The van der Waals surface area contributed by atoms with Crippen molar-refractivity contribution in [3.63, 3.8) is 0 Å². The van der Waals surface area contributed by atoms with Crippen molar-refractivity contribution in [2.24, 2.45) is 34.5 Å². The standard InChI is InChI=1S/C62H89N2O13P/c1-59(2,3)76-58(70)64(31-17-8-9-18-32-72-33-19-16-22-42-20-12-10-13-21-42)40-51(67)44-25-28-52(77-78(6,7)71)45(34-44)38-63-39-55(69)73-41-53(68)62-54(74-57(75-62)43-23-14-11-15-24-43)36-49-48-27-26-46-35-47(65)29-30-60(46,4)56(48)50(66)37-61(49,62)5/h10,12-13,20-21,25,28-30,34-35,43,48-51,54,56-57,63,66-67H,8-9,11,14-19,22-24,26-27,31-33,36-41H2,1-7H3/t48-,49-,50-,51?,54+,56+,57+,60-,61-,62+/m0/s1. The monoisotopic (exact) mass is 1100 g/mol. The van der Waals surface area contributed by atoms with Gasteiger partial charge in [0.05, 0.1) is 31.4 Å². The quantitative estimate of drug-likeness (QED) is 0.0482. The molecule has 0 bridgehead atoms. The van der Waals surface area contributed by atoms with Gasteiger partial charge in [-0.3, -0.25) is 18.9 Å². The van der Waals surface area contributed by atoms with Gasteiger partial charge in [0.2, 0.25) is 13.2 Å². The number of aliphatic hydroxyl groups is 2. The van der Waals surface area contributed by atoms with E-state index in [-0.39, 0.29) is 54.9 Å². The normalized spacial score (nSPS) is 29.1. The molecular formula is C62H89N2O13P. The second-order valence-corrected chi connectivity index (χ2v) is 27.7. The molecule has 0 spiro atoms. The van der Waals surface area contributed by atoms with Crippen molar-refractivity contribution in [1.82, 2.24) is 10.2 Å². The maximum atomic E-state index is 15.0.